The SMILES string of the molecule is Cc1csc(N2CCN(C(=O)C3CC4CCCC(C3)C4N)CC2)n1. The molecule has 5 nitrogen and oxygen atoms in total. The van der Waals surface area contributed by atoms with Crippen LogP contribution in [0.1, 0.15) is 37.8 Å². The summed E-state index contributed by atoms with van der Waals surface area (Å²) in [5, 5.41) is 3.19. The Kier molecular flexibility index (Phi) is 4.52. The second kappa shape index (κ2) is 6.64. The number of thiazole rings is 1. The van der Waals surface area contributed by atoms with Crippen LogP contribution in [0.3, 0.4) is 0 Å². The first-order valence-corrected chi connectivity index (χ1v) is 10.2. The normalized spacial score (nSPS) is 33.6. The molecule has 0 aromatic carbocycles. The van der Waals surface area contributed by atoms with Crippen LogP contribution >= 0.6 is 11.3 Å². The smallest absolute Gasteiger partial charge is 0.225 e. The molecule has 1 amide bonds. The number of piperazine rings is 1. The summed E-state index contributed by atoms with van der Waals surface area (Å²) in [6, 6.07) is 0.341. The Morgan fingerprint density at radius 3 is 2.46 bits per heavy atom. The van der Waals surface area contributed by atoms with Gasteiger partial charge in [-0.2, -0.15) is 0 Å². The molecule has 2 saturated carbocycles. The van der Waals surface area contributed by atoms with E-state index in [9.17, 15) is 4.79 Å². The number of hydrogen-bond acceptors (Lipinski definition) is 5. The first-order chi connectivity index (χ1) is 11.6. The van der Waals surface area contributed by atoms with E-state index in [0.29, 0.717) is 23.8 Å². The molecule has 2 aliphatic carbocycles. The molecule has 1 aromatic heterocycles. The maximum absolute atomic E-state index is 13.0. The van der Waals surface area contributed by atoms with Gasteiger partial charge in [0.15, 0.2) is 5.13 Å². The minimum atomic E-state index is 0.216. The van der Waals surface area contributed by atoms with E-state index >= 15 is 0 Å². The Hall–Kier alpha value is -1.14. The third kappa shape index (κ3) is 3.06. The number of fused-ring (bicyclic) bond motifs is 2. The van der Waals surface area contributed by atoms with E-state index in [1.54, 1.807) is 11.3 Å². The second-order valence-corrected chi connectivity index (χ2v) is 8.62. The first kappa shape index (κ1) is 16.3. The van der Waals surface area contributed by atoms with Crippen molar-refractivity contribution in [3.63, 3.8) is 0 Å². The maximum atomic E-state index is 13.0. The summed E-state index contributed by atoms with van der Waals surface area (Å²) in [4.78, 5) is 22.0. The van der Waals surface area contributed by atoms with Crippen LogP contribution in [0, 0.1) is 24.7 Å². The van der Waals surface area contributed by atoms with Crippen molar-refractivity contribution >= 4 is 22.4 Å². The van der Waals surface area contributed by atoms with Gasteiger partial charge in [0.05, 0.1) is 5.69 Å². The third-order valence-electron chi connectivity index (χ3n) is 6.23. The van der Waals surface area contributed by atoms with Crippen LogP contribution in [0.4, 0.5) is 5.13 Å². The molecule has 2 atom stereocenters. The molecule has 2 N–H and O–H groups in total. The van der Waals surface area contributed by atoms with E-state index in [4.69, 9.17) is 5.73 Å². The highest BCUT2D eigenvalue weighted by molar-refractivity contribution is 7.13. The van der Waals surface area contributed by atoms with Crippen LogP contribution in [-0.2, 0) is 4.79 Å². The van der Waals surface area contributed by atoms with Gasteiger partial charge in [0.25, 0.3) is 0 Å². The maximum Gasteiger partial charge on any atom is 0.225 e. The van der Waals surface area contributed by atoms with Gasteiger partial charge >= 0.3 is 0 Å². The number of rotatable bonds is 2. The van der Waals surface area contributed by atoms with Crippen LogP contribution in [0.5, 0.6) is 0 Å². The second-order valence-electron chi connectivity index (χ2n) is 7.78. The molecule has 4 rings (SSSR count). The molecular weight excluding hydrogens is 320 g/mol. The summed E-state index contributed by atoms with van der Waals surface area (Å²) in [6.45, 7) is 5.49. The molecule has 3 fully saturated rings. The predicted octanol–water partition coefficient (Wildman–Crippen LogP) is 2.25. The zero-order valence-corrected chi connectivity index (χ0v) is 15.3. The largest absolute Gasteiger partial charge is 0.345 e. The minimum Gasteiger partial charge on any atom is -0.345 e. The Morgan fingerprint density at radius 1 is 1.21 bits per heavy atom. The highest BCUT2D eigenvalue weighted by atomic mass is 32.1. The lowest BCUT2D eigenvalue weighted by Gasteiger charge is -2.45. The first-order valence-electron chi connectivity index (χ1n) is 9.33. The predicted molar refractivity (Wildman–Crippen MR) is 97.2 cm³/mol. The van der Waals surface area contributed by atoms with E-state index in [1.807, 2.05) is 6.92 Å². The molecule has 3 aliphatic rings. The number of nitrogens with two attached hydrogens (primary N) is 1. The molecule has 0 radical (unpaired) electrons. The highest BCUT2D eigenvalue weighted by Gasteiger charge is 2.41. The van der Waals surface area contributed by atoms with Gasteiger partial charge in [0, 0.05) is 43.5 Å². The van der Waals surface area contributed by atoms with Gasteiger partial charge < -0.3 is 15.5 Å². The van der Waals surface area contributed by atoms with E-state index in [1.165, 1.54) is 19.3 Å². The number of amides is 1. The van der Waals surface area contributed by atoms with Crippen LogP contribution < -0.4 is 10.6 Å². The molecule has 1 aromatic rings. The summed E-state index contributed by atoms with van der Waals surface area (Å²) < 4.78 is 0. The third-order valence-corrected chi connectivity index (χ3v) is 7.25. The van der Waals surface area contributed by atoms with Gasteiger partial charge in [-0.15, -0.1) is 11.3 Å². The lowest BCUT2D eigenvalue weighted by molar-refractivity contribution is -0.138. The summed E-state index contributed by atoms with van der Waals surface area (Å²) >= 11 is 1.70. The van der Waals surface area contributed by atoms with Gasteiger partial charge in [0.1, 0.15) is 0 Å². The average molecular weight is 349 g/mol. The molecular formula is C18H28N4OS. The monoisotopic (exact) mass is 348 g/mol. The van der Waals surface area contributed by atoms with E-state index in [0.717, 1.165) is 49.8 Å². The van der Waals surface area contributed by atoms with E-state index < -0.39 is 0 Å². The Balaban J connectivity index is 1.35. The van der Waals surface area contributed by atoms with Gasteiger partial charge in [-0.25, -0.2) is 4.98 Å². The van der Waals surface area contributed by atoms with Gasteiger partial charge in [-0.05, 0) is 44.4 Å². The van der Waals surface area contributed by atoms with Crippen molar-refractivity contribution in [2.45, 2.75) is 45.1 Å². The Morgan fingerprint density at radius 2 is 1.88 bits per heavy atom. The summed E-state index contributed by atoms with van der Waals surface area (Å²) in [7, 11) is 0. The molecule has 2 heterocycles. The fourth-order valence-corrected chi connectivity index (χ4v) is 5.71. The summed E-state index contributed by atoms with van der Waals surface area (Å²) in [5.74, 6) is 1.75. The van der Waals surface area contributed by atoms with E-state index in [-0.39, 0.29) is 5.92 Å². The van der Waals surface area contributed by atoms with Gasteiger partial charge in [-0.1, -0.05) is 6.42 Å². The standard InChI is InChI=1S/C18H28N4OS/c1-12-11-24-18(20-12)22-7-5-21(6-8-22)17(23)15-9-13-3-2-4-14(10-15)16(13)19/h11,13-16H,2-10,19H2,1H3. The number of hydrogen-bond donors (Lipinski definition) is 1. The van der Waals surface area contributed by atoms with Crippen molar-refractivity contribution in [3.8, 4) is 0 Å². The fourth-order valence-electron chi connectivity index (χ4n) is 4.85. The van der Waals surface area contributed by atoms with Crippen LogP contribution in [0.15, 0.2) is 5.38 Å². The zero-order chi connectivity index (χ0) is 16.7. The van der Waals surface area contributed by atoms with Crippen molar-refractivity contribution in [2.75, 3.05) is 31.1 Å². The highest BCUT2D eigenvalue weighted by Crippen LogP contribution is 2.42. The Bertz CT molecular complexity index is 582. The molecule has 0 spiro atoms. The van der Waals surface area contributed by atoms with Gasteiger partial charge in [0.2, 0.25) is 5.91 Å². The molecule has 1 aliphatic heterocycles. The lowest BCUT2D eigenvalue weighted by Crippen LogP contribution is -2.53. The molecule has 1 saturated heterocycles. The topological polar surface area (TPSA) is 62.5 Å². The summed E-state index contributed by atoms with van der Waals surface area (Å²) in [6.07, 6.45) is 5.78. The Labute approximate surface area is 148 Å². The molecule has 2 bridgehead atoms. The number of nitrogens with zero attached hydrogens (tertiary/aromatic N) is 3. The van der Waals surface area contributed by atoms with Crippen molar-refractivity contribution in [2.24, 2.45) is 23.5 Å². The van der Waals surface area contributed by atoms with Crippen LogP contribution in [-0.4, -0.2) is 48.0 Å². The van der Waals surface area contributed by atoms with Crippen molar-refractivity contribution < 1.29 is 4.79 Å². The van der Waals surface area contributed by atoms with Crippen LogP contribution in [0.2, 0.25) is 0 Å². The molecule has 132 valence electrons. The van der Waals surface area contributed by atoms with Crippen LogP contribution in [0.25, 0.3) is 0 Å². The quantitative estimate of drug-likeness (QED) is 0.890. The number of aryl methyl sites for hydroxylation is 1. The average Bonchev–Trinajstić information content (AvgIpc) is 3.01. The lowest BCUT2D eigenvalue weighted by atomic mass is 9.65. The van der Waals surface area contributed by atoms with Crippen molar-refractivity contribution in [3.05, 3.63) is 11.1 Å². The van der Waals surface area contributed by atoms with Crippen molar-refractivity contribution in [1.29, 1.82) is 0 Å². The van der Waals surface area contributed by atoms with E-state index in [2.05, 4.69) is 20.2 Å². The molecule has 2 unspecified atom stereocenters. The fraction of sp³-hybridized carbons (Fsp3) is 0.778. The number of anilines is 1. The van der Waals surface area contributed by atoms with Crippen molar-refractivity contribution in [1.82, 2.24) is 9.88 Å². The molecule has 6 heteroatoms. The minimum absolute atomic E-state index is 0.216. The molecule has 24 heavy (non-hydrogen) atoms. The number of carbonyl (C=O) groups excluding carboxylic acids is 1. The number of aromatic nitrogens is 1. The van der Waals surface area contributed by atoms with Gasteiger partial charge in [-0.3, -0.25) is 4.79 Å². The number of carbonyl (C=O) groups is 1. The zero-order valence-electron chi connectivity index (χ0n) is 14.5. The summed E-state index contributed by atoms with van der Waals surface area (Å²) in [5.41, 5.74) is 7.45.